The minimum absolute atomic E-state index is 0.0715. The fourth-order valence-corrected chi connectivity index (χ4v) is 2.92. The van der Waals surface area contributed by atoms with Crippen LogP contribution in [-0.4, -0.2) is 30.3 Å². The van der Waals surface area contributed by atoms with E-state index in [1.807, 2.05) is 0 Å². The highest BCUT2D eigenvalue weighted by molar-refractivity contribution is 6.29. The molecule has 2 atom stereocenters. The number of methoxy groups -OCH3 is 1. The summed E-state index contributed by atoms with van der Waals surface area (Å²) in [7, 11) is 1.70. The van der Waals surface area contributed by atoms with Crippen molar-refractivity contribution in [2.45, 2.75) is 57.7 Å². The van der Waals surface area contributed by atoms with E-state index in [0.717, 1.165) is 44.2 Å². The van der Waals surface area contributed by atoms with Crippen LogP contribution in [-0.2, 0) is 15.9 Å². The molecule has 2 unspecified atom stereocenters. The first-order chi connectivity index (χ1) is 10.1. The lowest BCUT2D eigenvalue weighted by Crippen LogP contribution is -2.29. The van der Waals surface area contributed by atoms with Crippen LogP contribution < -0.4 is 0 Å². The second-order valence-corrected chi connectivity index (χ2v) is 5.86. The first-order valence-electron chi connectivity index (χ1n) is 7.52. The summed E-state index contributed by atoms with van der Waals surface area (Å²) in [5, 5.41) is 0.339. The zero-order chi connectivity index (χ0) is 15.2. The Labute approximate surface area is 130 Å². The van der Waals surface area contributed by atoms with E-state index < -0.39 is 0 Å². The minimum atomic E-state index is -0.321. The number of halogens is 1. The van der Waals surface area contributed by atoms with Crippen LogP contribution in [0.3, 0.4) is 0 Å². The zero-order valence-corrected chi connectivity index (χ0v) is 13.4. The molecule has 0 radical (unpaired) electrons. The SMILES string of the molecule is CCCc1cc(C(=O)OC2CCCC(OC)C2)cc(Cl)n1. The summed E-state index contributed by atoms with van der Waals surface area (Å²) in [5.74, 6) is -0.321. The van der Waals surface area contributed by atoms with Gasteiger partial charge in [0, 0.05) is 19.2 Å². The number of aromatic nitrogens is 1. The van der Waals surface area contributed by atoms with Gasteiger partial charge in [0.25, 0.3) is 0 Å². The highest BCUT2D eigenvalue weighted by Gasteiger charge is 2.25. The van der Waals surface area contributed by atoms with E-state index in [-0.39, 0.29) is 18.2 Å². The summed E-state index contributed by atoms with van der Waals surface area (Å²) in [6.45, 7) is 2.06. The maximum absolute atomic E-state index is 12.3. The molecule has 1 aliphatic carbocycles. The number of hydrogen-bond donors (Lipinski definition) is 0. The molecule has 1 saturated carbocycles. The van der Waals surface area contributed by atoms with Gasteiger partial charge < -0.3 is 9.47 Å². The Hall–Kier alpha value is -1.13. The van der Waals surface area contributed by atoms with E-state index in [1.165, 1.54) is 0 Å². The molecular weight excluding hydrogens is 290 g/mol. The van der Waals surface area contributed by atoms with Gasteiger partial charge in [0.1, 0.15) is 11.3 Å². The van der Waals surface area contributed by atoms with Crippen LogP contribution in [0.1, 0.15) is 55.1 Å². The van der Waals surface area contributed by atoms with Crippen LogP contribution in [0, 0.1) is 0 Å². The Kier molecular flexibility index (Phi) is 6.00. The van der Waals surface area contributed by atoms with Crippen LogP contribution in [0.15, 0.2) is 12.1 Å². The number of hydrogen-bond acceptors (Lipinski definition) is 4. The fraction of sp³-hybridized carbons (Fsp3) is 0.625. The maximum Gasteiger partial charge on any atom is 0.338 e. The number of aryl methyl sites for hydroxylation is 1. The number of carbonyl (C=O) groups is 1. The number of carbonyl (C=O) groups excluding carboxylic acids is 1. The molecular formula is C16H22ClNO3. The van der Waals surface area contributed by atoms with Gasteiger partial charge in [0.05, 0.1) is 11.7 Å². The van der Waals surface area contributed by atoms with Gasteiger partial charge in [0.2, 0.25) is 0 Å². The smallest absolute Gasteiger partial charge is 0.338 e. The van der Waals surface area contributed by atoms with Crippen LogP contribution in [0.5, 0.6) is 0 Å². The van der Waals surface area contributed by atoms with E-state index in [0.29, 0.717) is 10.7 Å². The first kappa shape index (κ1) is 16.2. The normalized spacial score (nSPS) is 22.0. The van der Waals surface area contributed by atoms with Crippen molar-refractivity contribution < 1.29 is 14.3 Å². The Balaban J connectivity index is 2.02. The van der Waals surface area contributed by atoms with Crippen LogP contribution in [0.25, 0.3) is 0 Å². The lowest BCUT2D eigenvalue weighted by molar-refractivity contribution is -0.0149. The molecule has 0 amide bonds. The topological polar surface area (TPSA) is 48.4 Å². The Morgan fingerprint density at radius 1 is 1.38 bits per heavy atom. The lowest BCUT2D eigenvalue weighted by Gasteiger charge is -2.27. The molecule has 2 rings (SSSR count). The molecule has 1 aliphatic rings. The molecule has 1 heterocycles. The molecule has 0 aliphatic heterocycles. The third-order valence-corrected chi connectivity index (χ3v) is 3.97. The molecule has 116 valence electrons. The van der Waals surface area contributed by atoms with Crippen molar-refractivity contribution in [3.8, 4) is 0 Å². The molecule has 21 heavy (non-hydrogen) atoms. The molecule has 1 aromatic heterocycles. The van der Waals surface area contributed by atoms with Gasteiger partial charge in [-0.25, -0.2) is 9.78 Å². The van der Waals surface area contributed by atoms with Crippen LogP contribution in [0.4, 0.5) is 0 Å². The van der Waals surface area contributed by atoms with Crippen molar-refractivity contribution in [1.29, 1.82) is 0 Å². The number of pyridine rings is 1. The molecule has 0 saturated heterocycles. The quantitative estimate of drug-likeness (QED) is 0.613. The third kappa shape index (κ3) is 4.68. The number of ether oxygens (including phenoxy) is 2. The number of rotatable bonds is 5. The fourth-order valence-electron chi connectivity index (χ4n) is 2.70. The zero-order valence-electron chi connectivity index (χ0n) is 12.6. The number of nitrogens with zero attached hydrogens (tertiary/aromatic N) is 1. The van der Waals surface area contributed by atoms with Gasteiger partial charge >= 0.3 is 5.97 Å². The number of esters is 1. The molecule has 1 fully saturated rings. The standard InChI is InChI=1S/C16H22ClNO3/c1-3-5-12-8-11(9-15(17)18-12)16(19)21-14-7-4-6-13(10-14)20-2/h8-9,13-14H,3-7,10H2,1-2H3. The summed E-state index contributed by atoms with van der Waals surface area (Å²) >= 11 is 5.98. The molecule has 0 aromatic carbocycles. The van der Waals surface area contributed by atoms with Gasteiger partial charge in [-0.1, -0.05) is 24.9 Å². The van der Waals surface area contributed by atoms with Crippen molar-refractivity contribution >= 4 is 17.6 Å². The van der Waals surface area contributed by atoms with E-state index in [1.54, 1.807) is 19.2 Å². The predicted octanol–water partition coefficient (Wildman–Crippen LogP) is 3.80. The average Bonchev–Trinajstić information content (AvgIpc) is 2.47. The van der Waals surface area contributed by atoms with Gasteiger partial charge in [-0.3, -0.25) is 0 Å². The lowest BCUT2D eigenvalue weighted by atomic mass is 9.95. The summed E-state index contributed by atoms with van der Waals surface area (Å²) in [4.78, 5) is 16.5. The second-order valence-electron chi connectivity index (χ2n) is 5.47. The largest absolute Gasteiger partial charge is 0.459 e. The minimum Gasteiger partial charge on any atom is -0.459 e. The Morgan fingerprint density at radius 3 is 2.86 bits per heavy atom. The van der Waals surface area contributed by atoms with Gasteiger partial charge in [-0.15, -0.1) is 0 Å². The third-order valence-electron chi connectivity index (χ3n) is 3.77. The van der Waals surface area contributed by atoms with Crippen molar-refractivity contribution in [1.82, 2.24) is 4.98 Å². The van der Waals surface area contributed by atoms with E-state index in [2.05, 4.69) is 11.9 Å². The second kappa shape index (κ2) is 7.76. The molecule has 0 bridgehead atoms. The van der Waals surface area contributed by atoms with Crippen LogP contribution >= 0.6 is 11.6 Å². The van der Waals surface area contributed by atoms with Crippen molar-refractivity contribution in [2.75, 3.05) is 7.11 Å². The molecule has 4 nitrogen and oxygen atoms in total. The van der Waals surface area contributed by atoms with Gasteiger partial charge in [-0.05, 0) is 37.8 Å². The van der Waals surface area contributed by atoms with Crippen molar-refractivity contribution in [2.24, 2.45) is 0 Å². The van der Waals surface area contributed by atoms with Crippen molar-refractivity contribution in [3.05, 3.63) is 28.5 Å². The average molecular weight is 312 g/mol. The molecule has 0 N–H and O–H groups in total. The Morgan fingerprint density at radius 2 is 2.14 bits per heavy atom. The molecule has 0 spiro atoms. The van der Waals surface area contributed by atoms with Gasteiger partial charge in [0.15, 0.2) is 0 Å². The summed E-state index contributed by atoms with van der Waals surface area (Å²) < 4.78 is 10.9. The molecule has 1 aromatic rings. The highest BCUT2D eigenvalue weighted by Crippen LogP contribution is 2.24. The van der Waals surface area contributed by atoms with Gasteiger partial charge in [-0.2, -0.15) is 0 Å². The first-order valence-corrected chi connectivity index (χ1v) is 7.90. The van der Waals surface area contributed by atoms with E-state index in [9.17, 15) is 4.79 Å². The summed E-state index contributed by atoms with van der Waals surface area (Å²) in [6.07, 6.45) is 5.59. The summed E-state index contributed by atoms with van der Waals surface area (Å²) in [5.41, 5.74) is 1.31. The van der Waals surface area contributed by atoms with E-state index in [4.69, 9.17) is 21.1 Å². The van der Waals surface area contributed by atoms with Crippen molar-refractivity contribution in [3.63, 3.8) is 0 Å². The van der Waals surface area contributed by atoms with Crippen LogP contribution in [0.2, 0.25) is 5.15 Å². The highest BCUT2D eigenvalue weighted by atomic mass is 35.5. The maximum atomic E-state index is 12.3. The Bertz CT molecular complexity index is 492. The molecule has 5 heteroatoms. The van der Waals surface area contributed by atoms with E-state index >= 15 is 0 Å². The monoisotopic (exact) mass is 311 g/mol. The predicted molar refractivity (Wildman–Crippen MR) is 81.7 cm³/mol. The summed E-state index contributed by atoms with van der Waals surface area (Å²) in [6, 6.07) is 3.34.